The lowest BCUT2D eigenvalue weighted by Crippen LogP contribution is -2.41. The van der Waals surface area contributed by atoms with Crippen LogP contribution >= 0.6 is 11.8 Å². The van der Waals surface area contributed by atoms with Gasteiger partial charge in [0.05, 0.1) is 7.11 Å². The number of urea groups is 1. The van der Waals surface area contributed by atoms with Gasteiger partial charge in [-0.3, -0.25) is 0 Å². The lowest BCUT2D eigenvalue weighted by molar-refractivity contribution is -0.0512. The lowest BCUT2D eigenvalue weighted by atomic mass is 10.2. The highest BCUT2D eigenvalue weighted by Gasteiger charge is 2.32. The smallest absolute Gasteiger partial charge is 0.387 e. The van der Waals surface area contributed by atoms with Crippen LogP contribution in [0.25, 0.3) is 0 Å². The van der Waals surface area contributed by atoms with Gasteiger partial charge in [-0.15, -0.1) is 0 Å². The molecule has 0 bridgehead atoms. The number of ether oxygens (including phenoxy) is 2. The average Bonchev–Trinajstić information content (AvgIpc) is 3.58. The molecule has 2 amide bonds. The first-order valence-electron chi connectivity index (χ1n) is 9.84. The zero-order chi connectivity index (χ0) is 21.3. The summed E-state index contributed by atoms with van der Waals surface area (Å²) < 4.78 is 34.6. The summed E-state index contributed by atoms with van der Waals surface area (Å²) in [5.74, 6) is 1.94. The maximum absolute atomic E-state index is 12.7. The van der Waals surface area contributed by atoms with Gasteiger partial charge in [-0.1, -0.05) is 36.4 Å². The van der Waals surface area contributed by atoms with Crippen LogP contribution in [0.3, 0.4) is 0 Å². The number of halogens is 2. The third-order valence-electron chi connectivity index (χ3n) is 4.68. The molecule has 1 aliphatic rings. The van der Waals surface area contributed by atoms with Crippen LogP contribution in [0.5, 0.6) is 11.5 Å². The highest BCUT2D eigenvalue weighted by atomic mass is 32.2. The second-order valence-corrected chi connectivity index (χ2v) is 8.10. The number of nitrogens with one attached hydrogen (secondary N) is 1. The monoisotopic (exact) mass is 436 g/mol. The number of thioether (sulfide) groups is 1. The molecule has 162 valence electrons. The van der Waals surface area contributed by atoms with Crippen molar-refractivity contribution in [1.82, 2.24) is 10.2 Å². The molecule has 0 aromatic heterocycles. The molecule has 8 heteroatoms. The van der Waals surface area contributed by atoms with Crippen molar-refractivity contribution < 1.29 is 23.0 Å². The molecule has 5 nitrogen and oxygen atoms in total. The first-order valence-corrected chi connectivity index (χ1v) is 11.0. The summed E-state index contributed by atoms with van der Waals surface area (Å²) in [7, 11) is 1.40. The minimum absolute atomic E-state index is 0.0193. The van der Waals surface area contributed by atoms with E-state index in [4.69, 9.17) is 4.74 Å². The van der Waals surface area contributed by atoms with E-state index < -0.39 is 6.61 Å². The zero-order valence-corrected chi connectivity index (χ0v) is 17.7. The summed E-state index contributed by atoms with van der Waals surface area (Å²) in [4.78, 5) is 14.5. The molecule has 0 saturated heterocycles. The zero-order valence-electron chi connectivity index (χ0n) is 16.9. The van der Waals surface area contributed by atoms with Crippen molar-refractivity contribution in [2.24, 2.45) is 0 Å². The van der Waals surface area contributed by atoms with Gasteiger partial charge >= 0.3 is 12.6 Å². The molecule has 2 aromatic rings. The SMILES string of the molecule is COc1cc(CN(C(=O)NCCSCc2ccccc2)C2CC2)ccc1OC(F)F. The summed E-state index contributed by atoms with van der Waals surface area (Å²) in [6.07, 6.45) is 1.94. The van der Waals surface area contributed by atoms with E-state index in [1.807, 2.05) is 18.2 Å². The predicted molar refractivity (Wildman–Crippen MR) is 114 cm³/mol. The number of hydrogen-bond acceptors (Lipinski definition) is 4. The second-order valence-electron chi connectivity index (χ2n) is 6.99. The normalized spacial score (nSPS) is 13.2. The molecule has 0 atom stereocenters. The van der Waals surface area contributed by atoms with Crippen molar-refractivity contribution in [2.45, 2.75) is 37.8 Å². The van der Waals surface area contributed by atoms with Gasteiger partial charge < -0.3 is 19.7 Å². The first-order chi connectivity index (χ1) is 14.6. The summed E-state index contributed by atoms with van der Waals surface area (Å²) in [5.41, 5.74) is 2.07. The third-order valence-corrected chi connectivity index (χ3v) is 5.71. The van der Waals surface area contributed by atoms with Crippen molar-refractivity contribution in [3.63, 3.8) is 0 Å². The molecule has 1 N–H and O–H groups in total. The summed E-state index contributed by atoms with van der Waals surface area (Å²) in [5, 5.41) is 2.99. The van der Waals surface area contributed by atoms with Crippen LogP contribution < -0.4 is 14.8 Å². The molecule has 3 rings (SSSR count). The fourth-order valence-corrected chi connectivity index (χ4v) is 3.87. The Morgan fingerprint density at radius 3 is 2.60 bits per heavy atom. The maximum Gasteiger partial charge on any atom is 0.387 e. The number of carbonyl (C=O) groups is 1. The molecular weight excluding hydrogens is 410 g/mol. The fourth-order valence-electron chi connectivity index (χ4n) is 3.05. The highest BCUT2D eigenvalue weighted by Crippen LogP contribution is 2.32. The maximum atomic E-state index is 12.7. The van der Waals surface area contributed by atoms with Crippen LogP contribution in [0.2, 0.25) is 0 Å². The van der Waals surface area contributed by atoms with Gasteiger partial charge in [0.1, 0.15) is 0 Å². The van der Waals surface area contributed by atoms with Crippen LogP contribution in [-0.4, -0.2) is 43.0 Å². The third kappa shape index (κ3) is 6.79. The number of hydrogen-bond donors (Lipinski definition) is 1. The first kappa shape index (κ1) is 22.2. The van der Waals surface area contributed by atoms with Crippen molar-refractivity contribution in [2.75, 3.05) is 19.4 Å². The summed E-state index contributed by atoms with van der Waals surface area (Å²) in [6.45, 7) is -1.94. The second kappa shape index (κ2) is 11.1. The number of alkyl halides is 2. The van der Waals surface area contributed by atoms with E-state index >= 15 is 0 Å². The Bertz CT molecular complexity index is 819. The topological polar surface area (TPSA) is 50.8 Å². The van der Waals surface area contributed by atoms with Crippen molar-refractivity contribution >= 4 is 17.8 Å². The molecule has 0 unspecified atom stereocenters. The molecule has 30 heavy (non-hydrogen) atoms. The Kier molecular flexibility index (Phi) is 8.19. The fraction of sp³-hybridized carbons (Fsp3) is 0.409. The predicted octanol–water partition coefficient (Wildman–Crippen LogP) is 4.90. The quantitative estimate of drug-likeness (QED) is 0.509. The van der Waals surface area contributed by atoms with Crippen LogP contribution in [0.15, 0.2) is 48.5 Å². The van der Waals surface area contributed by atoms with E-state index in [2.05, 4.69) is 22.2 Å². The van der Waals surface area contributed by atoms with Crippen LogP contribution in [0.4, 0.5) is 13.6 Å². The van der Waals surface area contributed by atoms with E-state index in [9.17, 15) is 13.6 Å². The van der Waals surface area contributed by atoms with Gasteiger partial charge in [0.15, 0.2) is 11.5 Å². The number of carbonyl (C=O) groups excluding carboxylic acids is 1. The Morgan fingerprint density at radius 1 is 1.17 bits per heavy atom. The standard InChI is InChI=1S/C22H26F2N2O3S/c1-28-20-13-17(7-10-19(20)29-21(23)24)14-26(18-8-9-18)22(27)25-11-12-30-15-16-5-3-2-4-6-16/h2-7,10,13,18,21H,8-9,11-12,14-15H2,1H3,(H,25,27). The number of amides is 2. The average molecular weight is 437 g/mol. The highest BCUT2D eigenvalue weighted by molar-refractivity contribution is 7.98. The molecule has 1 aliphatic carbocycles. The Balaban J connectivity index is 1.50. The van der Waals surface area contributed by atoms with E-state index in [0.717, 1.165) is 29.9 Å². The van der Waals surface area contributed by atoms with Crippen molar-refractivity contribution in [1.29, 1.82) is 0 Å². The molecule has 0 spiro atoms. The molecule has 0 radical (unpaired) electrons. The van der Waals surface area contributed by atoms with Gasteiger partial charge in [0.2, 0.25) is 0 Å². The van der Waals surface area contributed by atoms with Gasteiger partial charge in [0, 0.05) is 30.6 Å². The van der Waals surface area contributed by atoms with Gasteiger partial charge in [0.25, 0.3) is 0 Å². The number of rotatable bonds is 11. The van der Waals surface area contributed by atoms with Crippen LogP contribution in [0.1, 0.15) is 24.0 Å². The Labute approximate surface area is 179 Å². The molecule has 1 fully saturated rings. The Morgan fingerprint density at radius 2 is 1.93 bits per heavy atom. The van der Waals surface area contributed by atoms with Gasteiger partial charge in [-0.25, -0.2) is 4.79 Å². The summed E-state index contributed by atoms with van der Waals surface area (Å²) in [6, 6.07) is 15.1. The minimum atomic E-state index is -2.92. The largest absolute Gasteiger partial charge is 0.493 e. The van der Waals surface area contributed by atoms with Crippen molar-refractivity contribution in [3.05, 3.63) is 59.7 Å². The van der Waals surface area contributed by atoms with Crippen LogP contribution in [-0.2, 0) is 12.3 Å². The van der Waals surface area contributed by atoms with Crippen LogP contribution in [0, 0.1) is 0 Å². The molecule has 0 heterocycles. The lowest BCUT2D eigenvalue weighted by Gasteiger charge is -2.23. The van der Waals surface area contributed by atoms with Crippen molar-refractivity contribution in [3.8, 4) is 11.5 Å². The number of benzene rings is 2. The molecule has 2 aromatic carbocycles. The van der Waals surface area contributed by atoms with Gasteiger partial charge in [-0.2, -0.15) is 20.5 Å². The van der Waals surface area contributed by atoms with Gasteiger partial charge in [-0.05, 0) is 36.1 Å². The van der Waals surface area contributed by atoms with E-state index in [0.29, 0.717) is 13.1 Å². The number of nitrogens with zero attached hydrogens (tertiary/aromatic N) is 1. The Hall–Kier alpha value is -2.48. The van der Waals surface area contributed by atoms with E-state index in [1.165, 1.54) is 18.7 Å². The summed E-state index contributed by atoms with van der Waals surface area (Å²) >= 11 is 1.77. The molecule has 1 saturated carbocycles. The van der Waals surface area contributed by atoms with E-state index in [-0.39, 0.29) is 23.6 Å². The minimum Gasteiger partial charge on any atom is -0.493 e. The van der Waals surface area contributed by atoms with E-state index in [1.54, 1.807) is 28.8 Å². The molecule has 0 aliphatic heterocycles. The number of methoxy groups -OCH3 is 1. The molecular formula is C22H26F2N2O3S.